The summed E-state index contributed by atoms with van der Waals surface area (Å²) >= 11 is 0. The van der Waals surface area contributed by atoms with Crippen LogP contribution < -0.4 is 0 Å². The van der Waals surface area contributed by atoms with Crippen molar-refractivity contribution < 1.29 is 0 Å². The van der Waals surface area contributed by atoms with Crippen molar-refractivity contribution in [1.82, 2.24) is 0 Å². The van der Waals surface area contributed by atoms with E-state index in [4.69, 9.17) is 0 Å². The molecule has 0 aliphatic carbocycles. The molecule has 0 aromatic heterocycles. The quantitative estimate of drug-likeness (QED) is 0.612. The van der Waals surface area contributed by atoms with Crippen molar-refractivity contribution in [3.63, 3.8) is 0 Å². The Morgan fingerprint density at radius 1 is 1.08 bits per heavy atom. The van der Waals surface area contributed by atoms with E-state index in [1.54, 1.807) is 0 Å². The third kappa shape index (κ3) is 1.94. The molecular formula is C12H11N. The number of hydrogen-bond donors (Lipinski definition) is 0. The number of benzene rings is 1. The van der Waals surface area contributed by atoms with Crippen LogP contribution in [0.25, 0.3) is 5.70 Å². The Labute approximate surface area is 78.1 Å². The van der Waals surface area contributed by atoms with Crippen LogP contribution in [-0.4, -0.2) is 6.21 Å². The lowest BCUT2D eigenvalue weighted by Gasteiger charge is -1.99. The summed E-state index contributed by atoms with van der Waals surface area (Å²) in [5.74, 6) is 0. The molecule has 0 radical (unpaired) electrons. The highest BCUT2D eigenvalue weighted by atomic mass is 14.7. The largest absolute Gasteiger partial charge is 0.257 e. The summed E-state index contributed by atoms with van der Waals surface area (Å²) in [6.07, 6.45) is 9.01. The van der Waals surface area contributed by atoms with Gasteiger partial charge in [0.2, 0.25) is 0 Å². The topological polar surface area (TPSA) is 12.4 Å². The molecule has 0 amide bonds. The maximum Gasteiger partial charge on any atom is 0.0665 e. The van der Waals surface area contributed by atoms with Crippen LogP contribution in [0.15, 0.2) is 53.6 Å². The lowest BCUT2D eigenvalue weighted by molar-refractivity contribution is 1.38. The van der Waals surface area contributed by atoms with E-state index in [2.05, 4.69) is 29.3 Å². The summed E-state index contributed by atoms with van der Waals surface area (Å²) < 4.78 is 0. The molecule has 0 saturated carbocycles. The average Bonchev–Trinajstić information content (AvgIpc) is 2.47. The molecule has 2 rings (SSSR count). The molecule has 1 heterocycles. The first-order valence-corrected chi connectivity index (χ1v) is 4.41. The number of rotatable bonds is 1. The van der Waals surface area contributed by atoms with E-state index in [0.717, 1.165) is 12.1 Å². The fraction of sp³-hybridized carbons (Fsp3) is 0.0833. The van der Waals surface area contributed by atoms with Gasteiger partial charge in [-0.25, -0.2) is 0 Å². The zero-order valence-electron chi connectivity index (χ0n) is 7.35. The molecule has 64 valence electrons. The maximum atomic E-state index is 4.34. The standard InChI is InChI=1S/C12H11N/c1-3-7-11(8-4-1)12-9-5-2-6-10-13-12/h1-4,6-10H,5H2. The van der Waals surface area contributed by atoms with Crippen LogP contribution in [0.3, 0.4) is 0 Å². The summed E-state index contributed by atoms with van der Waals surface area (Å²) in [4.78, 5) is 4.34. The predicted molar refractivity (Wildman–Crippen MR) is 56.7 cm³/mol. The van der Waals surface area contributed by atoms with E-state index in [0.29, 0.717) is 0 Å². The number of aliphatic imine (C=N–C) groups is 1. The molecule has 1 nitrogen and oxygen atoms in total. The Kier molecular flexibility index (Phi) is 2.37. The van der Waals surface area contributed by atoms with E-state index in [-0.39, 0.29) is 0 Å². The summed E-state index contributed by atoms with van der Waals surface area (Å²) in [5, 5.41) is 0. The molecule has 0 bridgehead atoms. The van der Waals surface area contributed by atoms with Crippen LogP contribution >= 0.6 is 0 Å². The van der Waals surface area contributed by atoms with Gasteiger partial charge in [0.25, 0.3) is 0 Å². The highest BCUT2D eigenvalue weighted by Gasteiger charge is 1.97. The molecule has 1 aromatic rings. The minimum absolute atomic E-state index is 0.963. The number of nitrogens with zero attached hydrogens (tertiary/aromatic N) is 1. The van der Waals surface area contributed by atoms with Gasteiger partial charge in [-0.2, -0.15) is 0 Å². The van der Waals surface area contributed by atoms with Crippen molar-refractivity contribution >= 4 is 11.9 Å². The van der Waals surface area contributed by atoms with Gasteiger partial charge in [0.15, 0.2) is 0 Å². The van der Waals surface area contributed by atoms with Crippen LogP contribution in [0.2, 0.25) is 0 Å². The first-order chi connectivity index (χ1) is 6.47. The fourth-order valence-electron chi connectivity index (χ4n) is 1.30. The predicted octanol–water partition coefficient (Wildman–Crippen LogP) is 3.06. The first-order valence-electron chi connectivity index (χ1n) is 4.41. The Morgan fingerprint density at radius 2 is 1.92 bits per heavy atom. The van der Waals surface area contributed by atoms with Crippen molar-refractivity contribution in [2.45, 2.75) is 6.42 Å². The van der Waals surface area contributed by atoms with Gasteiger partial charge >= 0.3 is 0 Å². The monoisotopic (exact) mass is 169 g/mol. The average molecular weight is 169 g/mol. The molecule has 1 aliphatic rings. The van der Waals surface area contributed by atoms with Crippen molar-refractivity contribution in [2.75, 3.05) is 0 Å². The highest BCUT2D eigenvalue weighted by molar-refractivity contribution is 5.81. The van der Waals surface area contributed by atoms with Crippen molar-refractivity contribution in [1.29, 1.82) is 0 Å². The SMILES string of the molecule is C1=CCC=C(c2ccccc2)N=C1. The summed E-state index contributed by atoms with van der Waals surface area (Å²) in [6.45, 7) is 0. The second-order valence-corrected chi connectivity index (χ2v) is 2.90. The van der Waals surface area contributed by atoms with Gasteiger partial charge in [-0.05, 0) is 18.1 Å². The second-order valence-electron chi connectivity index (χ2n) is 2.90. The van der Waals surface area contributed by atoms with E-state index in [1.807, 2.05) is 30.5 Å². The minimum Gasteiger partial charge on any atom is -0.257 e. The van der Waals surface area contributed by atoms with Crippen molar-refractivity contribution in [3.05, 3.63) is 54.1 Å². The van der Waals surface area contributed by atoms with Gasteiger partial charge in [-0.1, -0.05) is 42.5 Å². The van der Waals surface area contributed by atoms with Crippen molar-refractivity contribution in [3.8, 4) is 0 Å². The van der Waals surface area contributed by atoms with E-state index in [9.17, 15) is 0 Å². The van der Waals surface area contributed by atoms with E-state index >= 15 is 0 Å². The normalized spacial score (nSPS) is 15.2. The maximum absolute atomic E-state index is 4.34. The third-order valence-corrected chi connectivity index (χ3v) is 1.95. The summed E-state index contributed by atoms with van der Waals surface area (Å²) in [7, 11) is 0. The molecule has 1 aromatic carbocycles. The molecule has 0 fully saturated rings. The molecule has 0 saturated heterocycles. The zero-order chi connectivity index (χ0) is 8.93. The Balaban J connectivity index is 2.32. The Morgan fingerprint density at radius 3 is 2.77 bits per heavy atom. The molecule has 0 N–H and O–H groups in total. The Hall–Kier alpha value is -1.63. The summed E-state index contributed by atoms with van der Waals surface area (Å²) in [5.41, 5.74) is 2.24. The van der Waals surface area contributed by atoms with Crippen LogP contribution in [-0.2, 0) is 0 Å². The fourth-order valence-corrected chi connectivity index (χ4v) is 1.30. The molecule has 0 atom stereocenters. The van der Waals surface area contributed by atoms with Crippen LogP contribution in [0.1, 0.15) is 12.0 Å². The van der Waals surface area contributed by atoms with Crippen LogP contribution in [0.4, 0.5) is 0 Å². The molecule has 1 heteroatoms. The van der Waals surface area contributed by atoms with Gasteiger partial charge in [-0.3, -0.25) is 4.99 Å². The molecule has 0 unspecified atom stereocenters. The van der Waals surface area contributed by atoms with Crippen LogP contribution in [0.5, 0.6) is 0 Å². The highest BCUT2D eigenvalue weighted by Crippen LogP contribution is 2.16. The molecule has 0 spiro atoms. The minimum atomic E-state index is 0.963. The number of hydrogen-bond acceptors (Lipinski definition) is 1. The van der Waals surface area contributed by atoms with E-state index < -0.39 is 0 Å². The molecule has 13 heavy (non-hydrogen) atoms. The smallest absolute Gasteiger partial charge is 0.0665 e. The lowest BCUT2D eigenvalue weighted by atomic mass is 10.1. The van der Waals surface area contributed by atoms with Crippen molar-refractivity contribution in [2.24, 2.45) is 4.99 Å². The molecular weight excluding hydrogens is 158 g/mol. The lowest BCUT2D eigenvalue weighted by Crippen LogP contribution is -1.79. The van der Waals surface area contributed by atoms with Gasteiger partial charge in [-0.15, -0.1) is 0 Å². The molecule has 1 aliphatic heterocycles. The second kappa shape index (κ2) is 3.85. The van der Waals surface area contributed by atoms with Gasteiger partial charge in [0, 0.05) is 6.21 Å². The van der Waals surface area contributed by atoms with Gasteiger partial charge in [0.05, 0.1) is 5.70 Å². The Bertz CT molecular complexity index is 358. The van der Waals surface area contributed by atoms with Gasteiger partial charge in [0.1, 0.15) is 0 Å². The third-order valence-electron chi connectivity index (χ3n) is 1.95. The van der Waals surface area contributed by atoms with Gasteiger partial charge < -0.3 is 0 Å². The number of allylic oxidation sites excluding steroid dienone is 3. The van der Waals surface area contributed by atoms with E-state index in [1.165, 1.54) is 5.56 Å². The zero-order valence-corrected chi connectivity index (χ0v) is 7.35. The first kappa shape index (κ1) is 7.99. The summed E-state index contributed by atoms with van der Waals surface area (Å²) in [6, 6.07) is 10.2. The van der Waals surface area contributed by atoms with Crippen LogP contribution in [0, 0.1) is 0 Å².